The number of aromatic nitrogens is 3. The van der Waals surface area contributed by atoms with Gasteiger partial charge < -0.3 is 15.7 Å². The van der Waals surface area contributed by atoms with Gasteiger partial charge in [-0.2, -0.15) is 0 Å². The highest BCUT2D eigenvalue weighted by Gasteiger charge is 2.28. The first kappa shape index (κ1) is 25.0. The number of amides is 1. The number of hydrogen-bond acceptors (Lipinski definition) is 6. The van der Waals surface area contributed by atoms with Crippen LogP contribution in [0.1, 0.15) is 31.4 Å². The molecule has 37 heavy (non-hydrogen) atoms. The maximum Gasteiger partial charge on any atom is 0.404 e. The quantitative estimate of drug-likeness (QED) is 0.304. The molecule has 2 heterocycles. The fraction of sp³-hybridized carbons (Fsp3) is 0.269. The molecule has 11 heteroatoms. The van der Waals surface area contributed by atoms with Crippen LogP contribution in [-0.2, 0) is 10.0 Å². The van der Waals surface area contributed by atoms with Gasteiger partial charge in [0.1, 0.15) is 0 Å². The zero-order valence-electron chi connectivity index (χ0n) is 20.1. The van der Waals surface area contributed by atoms with Crippen LogP contribution in [0, 0.1) is 6.92 Å². The van der Waals surface area contributed by atoms with E-state index < -0.39 is 16.1 Å². The van der Waals surface area contributed by atoms with Gasteiger partial charge in [-0.15, -0.1) is 0 Å². The van der Waals surface area contributed by atoms with E-state index in [1.807, 2.05) is 12.1 Å². The number of halogens is 1. The highest BCUT2D eigenvalue weighted by Crippen LogP contribution is 2.39. The van der Waals surface area contributed by atoms with E-state index in [9.17, 15) is 13.2 Å². The molecule has 4 aromatic rings. The average molecular weight is 540 g/mol. The van der Waals surface area contributed by atoms with Crippen molar-refractivity contribution in [2.75, 3.05) is 5.32 Å². The molecule has 0 spiro atoms. The molecule has 5 rings (SSSR count). The lowest BCUT2D eigenvalue weighted by atomic mass is 9.91. The minimum Gasteiger partial charge on any atom is -0.465 e. The number of carboxylic acid groups (broad SMARTS) is 1. The number of carbonyl (C=O) groups is 1. The third-order valence-electron chi connectivity index (χ3n) is 6.66. The van der Waals surface area contributed by atoms with Crippen LogP contribution >= 0.6 is 11.6 Å². The van der Waals surface area contributed by atoms with Gasteiger partial charge in [-0.3, -0.25) is 0 Å². The summed E-state index contributed by atoms with van der Waals surface area (Å²) >= 11 is 6.58. The number of hydrogen-bond donors (Lipinski definition) is 3. The van der Waals surface area contributed by atoms with Crippen molar-refractivity contribution in [1.29, 1.82) is 0 Å². The second-order valence-electron chi connectivity index (χ2n) is 9.10. The zero-order chi connectivity index (χ0) is 26.2. The lowest BCUT2D eigenvalue weighted by molar-refractivity contribution is 0.185. The molecule has 0 bridgehead atoms. The third kappa shape index (κ3) is 4.86. The topological polar surface area (TPSA) is 126 Å². The van der Waals surface area contributed by atoms with Crippen molar-refractivity contribution >= 4 is 44.6 Å². The fourth-order valence-corrected chi connectivity index (χ4v) is 6.83. The summed E-state index contributed by atoms with van der Waals surface area (Å²) in [6, 6.07) is 15.4. The number of fused-ring (bicyclic) bond motifs is 1. The average Bonchev–Trinajstić information content (AvgIpc) is 3.18. The van der Waals surface area contributed by atoms with Crippen molar-refractivity contribution in [3.05, 3.63) is 71.5 Å². The highest BCUT2D eigenvalue weighted by atomic mass is 35.5. The lowest BCUT2D eigenvalue weighted by Crippen LogP contribution is -2.41. The van der Waals surface area contributed by atoms with E-state index >= 15 is 0 Å². The molecule has 2 atom stereocenters. The minimum atomic E-state index is -3.89. The van der Waals surface area contributed by atoms with Gasteiger partial charge in [-0.1, -0.05) is 48.0 Å². The number of nitrogens with zero attached hydrogens (tertiary/aromatic N) is 3. The molecular formula is C26H26ClN5O4S. The Hall–Kier alpha value is -3.63. The van der Waals surface area contributed by atoms with E-state index in [4.69, 9.17) is 21.7 Å². The molecule has 192 valence electrons. The van der Waals surface area contributed by atoms with Gasteiger partial charge in [0.05, 0.1) is 27.3 Å². The monoisotopic (exact) mass is 539 g/mol. The van der Waals surface area contributed by atoms with Crippen LogP contribution in [0.4, 0.5) is 10.7 Å². The van der Waals surface area contributed by atoms with E-state index in [1.54, 1.807) is 49.4 Å². The van der Waals surface area contributed by atoms with E-state index in [0.29, 0.717) is 45.2 Å². The molecule has 2 aromatic carbocycles. The first-order valence-corrected chi connectivity index (χ1v) is 13.8. The maximum absolute atomic E-state index is 13.7. The summed E-state index contributed by atoms with van der Waals surface area (Å²) in [5.41, 5.74) is 2.04. The van der Waals surface area contributed by atoms with E-state index in [2.05, 4.69) is 15.6 Å². The summed E-state index contributed by atoms with van der Waals surface area (Å²) in [4.78, 5) is 20.3. The van der Waals surface area contributed by atoms with Crippen LogP contribution in [0.25, 0.3) is 22.2 Å². The van der Waals surface area contributed by atoms with Crippen LogP contribution in [-0.4, -0.2) is 45.6 Å². The van der Waals surface area contributed by atoms with Crippen molar-refractivity contribution in [2.24, 2.45) is 0 Å². The van der Waals surface area contributed by atoms with Crippen LogP contribution in [0.2, 0.25) is 5.02 Å². The van der Waals surface area contributed by atoms with Gasteiger partial charge in [-0.05, 0) is 50.8 Å². The summed E-state index contributed by atoms with van der Waals surface area (Å²) in [6.45, 7) is 1.74. The predicted octanol–water partition coefficient (Wildman–Crippen LogP) is 5.29. The lowest BCUT2D eigenvalue weighted by Gasteiger charge is -2.29. The van der Waals surface area contributed by atoms with Crippen LogP contribution < -0.4 is 10.6 Å². The van der Waals surface area contributed by atoms with E-state index in [0.717, 1.165) is 19.3 Å². The molecular weight excluding hydrogens is 514 g/mol. The summed E-state index contributed by atoms with van der Waals surface area (Å²) in [5, 5.41) is 15.9. The Kier molecular flexibility index (Phi) is 6.78. The van der Waals surface area contributed by atoms with E-state index in [-0.39, 0.29) is 17.0 Å². The van der Waals surface area contributed by atoms with Crippen molar-refractivity contribution in [3.8, 4) is 11.3 Å². The molecule has 0 radical (unpaired) electrons. The SMILES string of the molecule is Cc1c(-c2nc(N[C@@H]3CCC[C@H](NC(=O)O)C3)ncc2Cl)c2ccccc2n1S(=O)(=O)c1ccccc1. The van der Waals surface area contributed by atoms with Crippen molar-refractivity contribution in [3.63, 3.8) is 0 Å². The van der Waals surface area contributed by atoms with Gasteiger partial charge in [0.2, 0.25) is 5.95 Å². The molecule has 1 amide bonds. The van der Waals surface area contributed by atoms with Gasteiger partial charge in [0, 0.05) is 28.7 Å². The largest absolute Gasteiger partial charge is 0.465 e. The van der Waals surface area contributed by atoms with Gasteiger partial charge in [0.15, 0.2) is 0 Å². The smallest absolute Gasteiger partial charge is 0.404 e. The highest BCUT2D eigenvalue weighted by molar-refractivity contribution is 7.90. The fourth-order valence-electron chi connectivity index (χ4n) is 5.07. The second kappa shape index (κ2) is 10.0. The van der Waals surface area contributed by atoms with Crippen molar-refractivity contribution in [1.82, 2.24) is 19.3 Å². The summed E-state index contributed by atoms with van der Waals surface area (Å²) in [7, 11) is -3.89. The first-order chi connectivity index (χ1) is 17.8. The molecule has 0 saturated heterocycles. The van der Waals surface area contributed by atoms with Crippen molar-refractivity contribution < 1.29 is 18.3 Å². The normalized spacial score (nSPS) is 18.0. The van der Waals surface area contributed by atoms with Gasteiger partial charge in [-0.25, -0.2) is 27.2 Å². The third-order valence-corrected chi connectivity index (χ3v) is 8.75. The Morgan fingerprint density at radius 2 is 1.78 bits per heavy atom. The predicted molar refractivity (Wildman–Crippen MR) is 143 cm³/mol. The molecule has 1 aliphatic carbocycles. The number of anilines is 1. The first-order valence-electron chi connectivity index (χ1n) is 12.0. The molecule has 1 aliphatic rings. The Labute approximate surface area is 219 Å². The number of para-hydroxylation sites is 1. The molecule has 2 aromatic heterocycles. The minimum absolute atomic E-state index is 0.0134. The second-order valence-corrected chi connectivity index (χ2v) is 11.3. The molecule has 9 nitrogen and oxygen atoms in total. The number of nitrogens with one attached hydrogen (secondary N) is 2. The van der Waals surface area contributed by atoms with Crippen molar-refractivity contribution in [2.45, 2.75) is 49.6 Å². The molecule has 1 saturated carbocycles. The van der Waals surface area contributed by atoms with E-state index in [1.165, 1.54) is 10.2 Å². The zero-order valence-corrected chi connectivity index (χ0v) is 21.6. The Morgan fingerprint density at radius 1 is 1.08 bits per heavy atom. The van der Waals surface area contributed by atoms with Crippen LogP contribution in [0.5, 0.6) is 0 Å². The van der Waals surface area contributed by atoms with Gasteiger partial charge >= 0.3 is 6.09 Å². The number of rotatable bonds is 6. The molecule has 0 aliphatic heterocycles. The van der Waals surface area contributed by atoms with Gasteiger partial charge in [0.25, 0.3) is 10.0 Å². The summed E-state index contributed by atoms with van der Waals surface area (Å²) in [6.07, 6.45) is 3.58. The number of benzene rings is 2. The Morgan fingerprint density at radius 3 is 2.54 bits per heavy atom. The van der Waals surface area contributed by atoms with Crippen LogP contribution in [0.15, 0.2) is 65.7 Å². The Balaban J connectivity index is 1.57. The maximum atomic E-state index is 13.7. The Bertz CT molecular complexity index is 1570. The summed E-state index contributed by atoms with van der Waals surface area (Å²) in [5.74, 6) is 0.350. The van der Waals surface area contributed by atoms with Crippen LogP contribution in [0.3, 0.4) is 0 Å². The molecule has 3 N–H and O–H groups in total. The molecule has 1 fully saturated rings. The standard InChI is InChI=1S/C26H26ClN5O4S/c1-16-23(20-12-5-6-13-22(20)32(16)37(35,36)19-10-3-2-4-11-19)24-21(27)15-28-25(31-24)29-17-8-7-9-18(14-17)30-26(33)34/h2-6,10-13,15,17-18,30H,7-9,14H2,1H3,(H,33,34)(H,28,29,31)/t17-,18+/m1/s1. The molecule has 0 unspecified atom stereocenters. The summed E-state index contributed by atoms with van der Waals surface area (Å²) < 4.78 is 28.7.